The molecule has 0 saturated carbocycles. The minimum atomic E-state index is -0.198. The maximum absolute atomic E-state index is 13.3. The highest BCUT2D eigenvalue weighted by Crippen LogP contribution is 2.45. The molecule has 0 radical (unpaired) electrons. The lowest BCUT2D eigenvalue weighted by Gasteiger charge is -2.37. The number of aromatic nitrogens is 2. The molecule has 31 heavy (non-hydrogen) atoms. The van der Waals surface area contributed by atoms with Gasteiger partial charge in [-0.3, -0.25) is 0 Å². The summed E-state index contributed by atoms with van der Waals surface area (Å²) >= 11 is 8.16. The molecule has 0 spiro atoms. The standard InChI is InChI=1S/C24H28ClFN4S/c1-24(2,3)15-4-9-18-19(14-15)31-22-20(18)21(27-23(25)28-22)30-12-10-29(11-13-30)17-7-5-16(26)6-8-17/h5-8,15H,4,9-14H2,1-3H3. The average molecular weight is 459 g/mol. The summed E-state index contributed by atoms with van der Waals surface area (Å²) in [6.45, 7) is 10.5. The number of anilines is 2. The van der Waals surface area contributed by atoms with Crippen LogP contribution in [0.2, 0.25) is 5.28 Å². The molecule has 3 aromatic rings. The van der Waals surface area contributed by atoms with Crippen LogP contribution in [0.5, 0.6) is 0 Å². The SMILES string of the molecule is CC(C)(C)C1CCc2c(sc3nc(Cl)nc(N4CCN(c5ccc(F)cc5)CC4)c23)C1. The van der Waals surface area contributed by atoms with Crippen molar-refractivity contribution in [3.63, 3.8) is 0 Å². The molecule has 2 aromatic heterocycles. The van der Waals surface area contributed by atoms with E-state index in [2.05, 4.69) is 35.6 Å². The Morgan fingerprint density at radius 1 is 1.03 bits per heavy atom. The van der Waals surface area contributed by atoms with Gasteiger partial charge in [-0.1, -0.05) is 20.8 Å². The Kier molecular flexibility index (Phi) is 5.33. The van der Waals surface area contributed by atoms with E-state index < -0.39 is 0 Å². The molecule has 1 saturated heterocycles. The van der Waals surface area contributed by atoms with E-state index in [9.17, 15) is 4.39 Å². The molecule has 1 fully saturated rings. The van der Waals surface area contributed by atoms with Crippen molar-refractivity contribution in [2.45, 2.75) is 40.0 Å². The van der Waals surface area contributed by atoms with E-state index in [-0.39, 0.29) is 5.82 Å². The predicted molar refractivity (Wildman–Crippen MR) is 128 cm³/mol. The number of piperazine rings is 1. The van der Waals surface area contributed by atoms with Crippen molar-refractivity contribution in [2.24, 2.45) is 11.3 Å². The van der Waals surface area contributed by atoms with E-state index in [0.717, 1.165) is 55.4 Å². The van der Waals surface area contributed by atoms with Crippen LogP contribution < -0.4 is 9.80 Å². The van der Waals surface area contributed by atoms with Crippen LogP contribution in [0.3, 0.4) is 0 Å². The molecule has 1 aliphatic carbocycles. The number of aryl methyl sites for hydroxylation is 1. The molecule has 1 aliphatic heterocycles. The Bertz CT molecular complexity index is 1100. The quantitative estimate of drug-likeness (QED) is 0.443. The molecule has 5 rings (SSSR count). The maximum Gasteiger partial charge on any atom is 0.225 e. The Morgan fingerprint density at radius 3 is 2.39 bits per heavy atom. The second kappa shape index (κ2) is 7.89. The largest absolute Gasteiger partial charge is 0.368 e. The zero-order valence-corrected chi connectivity index (χ0v) is 19.9. The van der Waals surface area contributed by atoms with Crippen molar-refractivity contribution in [3.05, 3.63) is 45.8 Å². The first-order chi connectivity index (χ1) is 14.8. The Morgan fingerprint density at radius 2 is 1.71 bits per heavy atom. The van der Waals surface area contributed by atoms with E-state index >= 15 is 0 Å². The van der Waals surface area contributed by atoms with Crippen molar-refractivity contribution in [1.82, 2.24) is 9.97 Å². The van der Waals surface area contributed by atoms with Gasteiger partial charge in [0.25, 0.3) is 0 Å². The summed E-state index contributed by atoms with van der Waals surface area (Å²) in [5.74, 6) is 1.48. The van der Waals surface area contributed by atoms with Gasteiger partial charge >= 0.3 is 0 Å². The van der Waals surface area contributed by atoms with Crippen LogP contribution in [-0.2, 0) is 12.8 Å². The van der Waals surface area contributed by atoms with E-state index in [4.69, 9.17) is 16.6 Å². The maximum atomic E-state index is 13.3. The van der Waals surface area contributed by atoms with Crippen LogP contribution in [0, 0.1) is 17.2 Å². The van der Waals surface area contributed by atoms with E-state index in [1.807, 2.05) is 12.1 Å². The number of benzene rings is 1. The molecular weight excluding hydrogens is 431 g/mol. The highest BCUT2D eigenvalue weighted by molar-refractivity contribution is 7.19. The van der Waals surface area contributed by atoms with Crippen LogP contribution in [0.25, 0.3) is 10.2 Å². The molecule has 164 valence electrons. The first kappa shape index (κ1) is 21.0. The summed E-state index contributed by atoms with van der Waals surface area (Å²) in [4.78, 5) is 16.4. The van der Waals surface area contributed by atoms with Gasteiger partial charge < -0.3 is 9.80 Å². The van der Waals surface area contributed by atoms with Gasteiger partial charge in [-0.25, -0.2) is 9.37 Å². The number of nitrogens with zero attached hydrogens (tertiary/aromatic N) is 4. The van der Waals surface area contributed by atoms with Gasteiger partial charge in [-0.15, -0.1) is 11.3 Å². The zero-order valence-electron chi connectivity index (χ0n) is 18.3. The summed E-state index contributed by atoms with van der Waals surface area (Å²) in [5, 5.41) is 1.54. The minimum Gasteiger partial charge on any atom is -0.368 e. The average Bonchev–Trinajstić information content (AvgIpc) is 3.10. The molecule has 1 unspecified atom stereocenters. The normalized spacial score (nSPS) is 19.7. The number of rotatable bonds is 2. The number of hydrogen-bond acceptors (Lipinski definition) is 5. The molecule has 2 aliphatic rings. The fourth-order valence-corrected chi connectivity index (χ4v) is 6.44. The van der Waals surface area contributed by atoms with Gasteiger partial charge in [0.2, 0.25) is 5.28 Å². The molecule has 7 heteroatoms. The first-order valence-corrected chi connectivity index (χ1v) is 12.2. The third-order valence-electron chi connectivity index (χ3n) is 6.86. The zero-order chi connectivity index (χ0) is 21.8. The number of halogens is 2. The van der Waals surface area contributed by atoms with Gasteiger partial charge in [-0.05, 0) is 72.0 Å². The summed E-state index contributed by atoms with van der Waals surface area (Å²) < 4.78 is 13.3. The lowest BCUT2D eigenvalue weighted by Crippen LogP contribution is -2.47. The van der Waals surface area contributed by atoms with Crippen LogP contribution in [0.15, 0.2) is 24.3 Å². The molecular formula is C24H28ClFN4S. The Balaban J connectivity index is 1.43. The lowest BCUT2D eigenvalue weighted by molar-refractivity contribution is 0.218. The monoisotopic (exact) mass is 458 g/mol. The van der Waals surface area contributed by atoms with E-state index in [1.165, 1.54) is 34.4 Å². The van der Waals surface area contributed by atoms with Crippen LogP contribution in [-0.4, -0.2) is 36.1 Å². The van der Waals surface area contributed by atoms with Crippen molar-refractivity contribution >= 4 is 44.7 Å². The third-order valence-corrected chi connectivity index (χ3v) is 8.18. The molecule has 0 bridgehead atoms. The van der Waals surface area contributed by atoms with Gasteiger partial charge in [0.05, 0.1) is 5.39 Å². The fourth-order valence-electron chi connectivity index (χ4n) is 4.93. The molecule has 1 aromatic carbocycles. The summed E-state index contributed by atoms with van der Waals surface area (Å²) in [5.41, 5.74) is 2.82. The van der Waals surface area contributed by atoms with Crippen molar-refractivity contribution < 1.29 is 4.39 Å². The highest BCUT2D eigenvalue weighted by Gasteiger charge is 2.33. The van der Waals surface area contributed by atoms with Crippen LogP contribution >= 0.6 is 22.9 Å². The smallest absolute Gasteiger partial charge is 0.225 e. The summed E-state index contributed by atoms with van der Waals surface area (Å²) in [6, 6.07) is 6.76. The van der Waals surface area contributed by atoms with Crippen LogP contribution in [0.4, 0.5) is 15.9 Å². The molecule has 1 atom stereocenters. The number of hydrogen-bond donors (Lipinski definition) is 0. The lowest BCUT2D eigenvalue weighted by atomic mass is 9.72. The van der Waals surface area contributed by atoms with Crippen molar-refractivity contribution in [2.75, 3.05) is 36.0 Å². The van der Waals surface area contributed by atoms with Gasteiger partial charge in [0.15, 0.2) is 0 Å². The van der Waals surface area contributed by atoms with E-state index in [0.29, 0.717) is 16.6 Å². The van der Waals surface area contributed by atoms with E-state index in [1.54, 1.807) is 11.3 Å². The first-order valence-electron chi connectivity index (χ1n) is 11.0. The van der Waals surface area contributed by atoms with Gasteiger partial charge in [-0.2, -0.15) is 4.98 Å². The summed E-state index contributed by atoms with van der Waals surface area (Å²) in [6.07, 6.45) is 3.42. The second-order valence-electron chi connectivity index (χ2n) is 9.76. The van der Waals surface area contributed by atoms with Crippen molar-refractivity contribution in [1.29, 1.82) is 0 Å². The highest BCUT2D eigenvalue weighted by atomic mass is 35.5. The molecule has 0 amide bonds. The minimum absolute atomic E-state index is 0.198. The second-order valence-corrected chi connectivity index (χ2v) is 11.2. The number of thiophene rings is 1. The van der Waals surface area contributed by atoms with Gasteiger partial charge in [0.1, 0.15) is 16.5 Å². The summed E-state index contributed by atoms with van der Waals surface area (Å²) in [7, 11) is 0. The van der Waals surface area contributed by atoms with Crippen molar-refractivity contribution in [3.8, 4) is 0 Å². The van der Waals surface area contributed by atoms with Gasteiger partial charge in [0, 0.05) is 36.7 Å². The fraction of sp³-hybridized carbons (Fsp3) is 0.500. The number of fused-ring (bicyclic) bond motifs is 3. The Labute approximate surface area is 192 Å². The Hall–Kier alpha value is -1.92. The molecule has 4 nitrogen and oxygen atoms in total. The topological polar surface area (TPSA) is 32.3 Å². The van der Waals surface area contributed by atoms with Crippen LogP contribution in [0.1, 0.15) is 37.6 Å². The predicted octanol–water partition coefficient (Wildman–Crippen LogP) is 5.96. The third kappa shape index (κ3) is 4.00. The molecule has 0 N–H and O–H groups in total. The molecule has 3 heterocycles.